The Morgan fingerprint density at radius 3 is 2.42 bits per heavy atom. The van der Waals surface area contributed by atoms with E-state index in [4.69, 9.17) is 4.74 Å². The Morgan fingerprint density at radius 2 is 1.71 bits per heavy atom. The number of hydrogen-bond acceptors (Lipinski definition) is 4. The molecular formula is C20H18O4. The maximum Gasteiger partial charge on any atom is 0.322 e. The molecule has 2 atom stereocenters. The topological polar surface area (TPSA) is 60.4 Å². The number of esters is 1. The minimum atomic E-state index is -0.988. The molecule has 4 nitrogen and oxygen atoms in total. The molecule has 0 aliphatic carbocycles. The van der Waals surface area contributed by atoms with Crippen molar-refractivity contribution in [3.8, 4) is 5.75 Å². The van der Waals surface area contributed by atoms with Crippen LogP contribution in [-0.2, 0) is 9.59 Å². The SMILES string of the molecule is CCC(=O)CC(c1ccccc1)C1C(=O)Oc2ccccc2C1=O. The van der Waals surface area contributed by atoms with Crippen molar-refractivity contribution < 1.29 is 19.1 Å². The van der Waals surface area contributed by atoms with Gasteiger partial charge in [0.15, 0.2) is 5.78 Å². The summed E-state index contributed by atoms with van der Waals surface area (Å²) in [5.41, 5.74) is 1.20. The molecular weight excluding hydrogens is 304 g/mol. The van der Waals surface area contributed by atoms with E-state index in [1.165, 1.54) is 0 Å². The summed E-state index contributed by atoms with van der Waals surface area (Å²) in [6.07, 6.45) is 0.518. The largest absolute Gasteiger partial charge is 0.425 e. The van der Waals surface area contributed by atoms with Gasteiger partial charge >= 0.3 is 5.97 Å². The standard InChI is InChI=1S/C20H18O4/c1-2-14(21)12-16(13-8-4-3-5-9-13)18-19(22)15-10-6-7-11-17(15)24-20(18)23/h3-11,16,18H,2,12H2,1H3. The van der Waals surface area contributed by atoms with Gasteiger partial charge in [-0.25, -0.2) is 0 Å². The number of para-hydroxylation sites is 1. The average Bonchev–Trinajstić information content (AvgIpc) is 2.61. The molecule has 3 rings (SSSR count). The van der Waals surface area contributed by atoms with Crippen molar-refractivity contribution in [3.05, 3.63) is 65.7 Å². The Hall–Kier alpha value is -2.75. The van der Waals surface area contributed by atoms with Crippen LogP contribution in [0.5, 0.6) is 5.75 Å². The second-order valence-corrected chi connectivity index (χ2v) is 5.87. The van der Waals surface area contributed by atoms with E-state index >= 15 is 0 Å². The second-order valence-electron chi connectivity index (χ2n) is 5.87. The highest BCUT2D eigenvalue weighted by atomic mass is 16.5. The van der Waals surface area contributed by atoms with Gasteiger partial charge in [-0.15, -0.1) is 0 Å². The minimum absolute atomic E-state index is 0.0170. The average molecular weight is 322 g/mol. The Labute approximate surface area is 140 Å². The molecule has 0 N–H and O–H groups in total. The van der Waals surface area contributed by atoms with Crippen LogP contribution in [0.15, 0.2) is 54.6 Å². The number of carbonyl (C=O) groups excluding carboxylic acids is 3. The van der Waals surface area contributed by atoms with E-state index in [0.29, 0.717) is 12.0 Å². The van der Waals surface area contributed by atoms with Gasteiger partial charge in [0.2, 0.25) is 0 Å². The third-order valence-corrected chi connectivity index (χ3v) is 4.37. The molecule has 0 amide bonds. The predicted molar refractivity (Wildman–Crippen MR) is 89.0 cm³/mol. The molecule has 0 saturated heterocycles. The fourth-order valence-corrected chi connectivity index (χ4v) is 3.07. The smallest absolute Gasteiger partial charge is 0.322 e. The van der Waals surface area contributed by atoms with Crippen LogP contribution < -0.4 is 4.74 Å². The number of carbonyl (C=O) groups is 3. The molecule has 2 aromatic rings. The summed E-state index contributed by atoms with van der Waals surface area (Å²) in [6.45, 7) is 1.78. The summed E-state index contributed by atoms with van der Waals surface area (Å²) in [5.74, 6) is -2.05. The number of Topliss-reactive ketones (excluding diaryl/α,β-unsaturated/α-hetero) is 2. The first-order valence-corrected chi connectivity index (χ1v) is 8.03. The lowest BCUT2D eigenvalue weighted by atomic mass is 9.77. The summed E-state index contributed by atoms with van der Waals surface area (Å²) < 4.78 is 5.36. The van der Waals surface area contributed by atoms with Gasteiger partial charge in [-0.2, -0.15) is 0 Å². The molecule has 2 aromatic carbocycles. The van der Waals surface area contributed by atoms with Gasteiger partial charge in [0.25, 0.3) is 0 Å². The van der Waals surface area contributed by atoms with Crippen molar-refractivity contribution in [1.82, 2.24) is 0 Å². The van der Waals surface area contributed by atoms with E-state index in [9.17, 15) is 14.4 Å². The number of rotatable bonds is 5. The van der Waals surface area contributed by atoms with Crippen molar-refractivity contribution in [2.45, 2.75) is 25.7 Å². The Kier molecular flexibility index (Phi) is 4.56. The van der Waals surface area contributed by atoms with Crippen molar-refractivity contribution in [2.75, 3.05) is 0 Å². The molecule has 0 bridgehead atoms. The highest BCUT2D eigenvalue weighted by Crippen LogP contribution is 2.37. The van der Waals surface area contributed by atoms with E-state index in [1.807, 2.05) is 30.3 Å². The molecule has 0 fully saturated rings. The van der Waals surface area contributed by atoms with Crippen LogP contribution in [-0.4, -0.2) is 17.5 Å². The second kappa shape index (κ2) is 6.79. The third kappa shape index (κ3) is 3.00. The van der Waals surface area contributed by atoms with Gasteiger partial charge < -0.3 is 4.74 Å². The highest BCUT2D eigenvalue weighted by Gasteiger charge is 2.42. The summed E-state index contributed by atoms with van der Waals surface area (Å²) in [4.78, 5) is 37.4. The predicted octanol–water partition coefficient (Wildman–Crippen LogP) is 3.56. The first-order chi connectivity index (χ1) is 11.6. The number of benzene rings is 2. The van der Waals surface area contributed by atoms with Gasteiger partial charge in [0.05, 0.1) is 5.56 Å². The van der Waals surface area contributed by atoms with E-state index in [1.54, 1.807) is 31.2 Å². The van der Waals surface area contributed by atoms with Gasteiger partial charge in [-0.1, -0.05) is 49.4 Å². The van der Waals surface area contributed by atoms with Gasteiger partial charge in [0.1, 0.15) is 17.5 Å². The van der Waals surface area contributed by atoms with E-state index in [0.717, 1.165) is 5.56 Å². The zero-order chi connectivity index (χ0) is 17.1. The van der Waals surface area contributed by atoms with Crippen LogP contribution >= 0.6 is 0 Å². The van der Waals surface area contributed by atoms with Gasteiger partial charge in [0, 0.05) is 18.8 Å². The van der Waals surface area contributed by atoms with Crippen molar-refractivity contribution in [3.63, 3.8) is 0 Å². The molecule has 1 aliphatic heterocycles. The zero-order valence-electron chi connectivity index (χ0n) is 13.4. The maximum absolute atomic E-state index is 12.9. The highest BCUT2D eigenvalue weighted by molar-refractivity contribution is 6.14. The minimum Gasteiger partial charge on any atom is -0.425 e. The monoisotopic (exact) mass is 322 g/mol. The molecule has 1 aliphatic rings. The van der Waals surface area contributed by atoms with Crippen molar-refractivity contribution in [1.29, 1.82) is 0 Å². The quantitative estimate of drug-likeness (QED) is 0.480. The number of ether oxygens (including phenoxy) is 1. The lowest BCUT2D eigenvalue weighted by Crippen LogP contribution is -2.38. The summed E-state index contributed by atoms with van der Waals surface area (Å²) in [5, 5.41) is 0. The molecule has 24 heavy (non-hydrogen) atoms. The molecule has 0 saturated carbocycles. The fourth-order valence-electron chi connectivity index (χ4n) is 3.07. The van der Waals surface area contributed by atoms with Gasteiger partial charge in [-0.05, 0) is 17.7 Å². The van der Waals surface area contributed by atoms with Crippen LogP contribution in [0.25, 0.3) is 0 Å². The number of hydrogen-bond donors (Lipinski definition) is 0. The lowest BCUT2D eigenvalue weighted by molar-refractivity contribution is -0.138. The normalized spacial score (nSPS) is 17.8. The van der Waals surface area contributed by atoms with Gasteiger partial charge in [-0.3, -0.25) is 14.4 Å². The van der Waals surface area contributed by atoms with Crippen molar-refractivity contribution >= 4 is 17.5 Å². The van der Waals surface area contributed by atoms with Crippen LogP contribution in [0.3, 0.4) is 0 Å². The summed E-state index contributed by atoms with van der Waals surface area (Å²) in [7, 11) is 0. The van der Waals surface area contributed by atoms with E-state index in [2.05, 4.69) is 0 Å². The molecule has 0 aromatic heterocycles. The van der Waals surface area contributed by atoms with Crippen LogP contribution in [0, 0.1) is 5.92 Å². The molecule has 122 valence electrons. The van der Waals surface area contributed by atoms with Crippen LogP contribution in [0.4, 0.5) is 0 Å². The maximum atomic E-state index is 12.9. The van der Waals surface area contributed by atoms with E-state index < -0.39 is 17.8 Å². The molecule has 0 radical (unpaired) electrons. The first-order valence-electron chi connectivity index (χ1n) is 8.03. The summed E-state index contributed by atoms with van der Waals surface area (Å²) in [6, 6.07) is 15.9. The first kappa shape index (κ1) is 16.1. The van der Waals surface area contributed by atoms with E-state index in [-0.39, 0.29) is 23.7 Å². The van der Waals surface area contributed by atoms with Crippen molar-refractivity contribution in [2.24, 2.45) is 5.92 Å². The van der Waals surface area contributed by atoms with Crippen LogP contribution in [0.1, 0.15) is 41.6 Å². The number of fused-ring (bicyclic) bond motifs is 1. The zero-order valence-corrected chi connectivity index (χ0v) is 13.4. The lowest BCUT2D eigenvalue weighted by Gasteiger charge is -2.28. The fraction of sp³-hybridized carbons (Fsp3) is 0.250. The molecule has 0 spiro atoms. The third-order valence-electron chi connectivity index (χ3n) is 4.37. The molecule has 2 unspecified atom stereocenters. The Balaban J connectivity index is 2.02. The molecule has 4 heteroatoms. The van der Waals surface area contributed by atoms with Crippen LogP contribution in [0.2, 0.25) is 0 Å². The Morgan fingerprint density at radius 1 is 1.04 bits per heavy atom. The summed E-state index contributed by atoms with van der Waals surface area (Å²) >= 11 is 0. The molecule has 1 heterocycles. The Bertz CT molecular complexity index is 779. The number of ketones is 2.